The number of carbonyl (C=O) groups is 2. The summed E-state index contributed by atoms with van der Waals surface area (Å²) in [5.74, 6) is 1.66. The minimum absolute atomic E-state index is 0.0970. The molecule has 0 fully saturated rings. The van der Waals surface area contributed by atoms with E-state index in [1.54, 1.807) is 11.1 Å². The van der Waals surface area contributed by atoms with Crippen LogP contribution in [0.1, 0.15) is 30.4 Å². The van der Waals surface area contributed by atoms with Gasteiger partial charge in [-0.25, -0.2) is 9.97 Å². The summed E-state index contributed by atoms with van der Waals surface area (Å²) in [6, 6.07) is 5.76. The number of hydrogen-bond acceptors (Lipinski definition) is 7. The molecule has 0 unspecified atom stereocenters. The monoisotopic (exact) mass is 422 g/mol. The number of fused-ring (bicyclic) bond motifs is 2. The highest BCUT2D eigenvalue weighted by molar-refractivity contribution is 6.32. The lowest BCUT2D eigenvalue weighted by Gasteiger charge is -2.18. The van der Waals surface area contributed by atoms with Gasteiger partial charge in [0.05, 0.1) is 17.7 Å². The third kappa shape index (κ3) is 4.60. The predicted octanol–water partition coefficient (Wildman–Crippen LogP) is 2.62. The van der Waals surface area contributed by atoms with Crippen molar-refractivity contribution in [3.8, 4) is 5.75 Å². The molecule has 0 spiro atoms. The lowest BCUT2D eigenvalue weighted by atomic mass is 10.1. The molecule has 2 bridgehead atoms. The van der Waals surface area contributed by atoms with E-state index in [0.29, 0.717) is 55.3 Å². The van der Waals surface area contributed by atoms with Crippen LogP contribution in [0.5, 0.6) is 5.75 Å². The van der Waals surface area contributed by atoms with Crippen molar-refractivity contribution >= 4 is 34.7 Å². The van der Waals surface area contributed by atoms with E-state index in [0.717, 1.165) is 23.4 Å². The fourth-order valence-electron chi connectivity index (χ4n) is 3.54. The Labute approximate surface area is 180 Å². The van der Waals surface area contributed by atoms with Crippen molar-refractivity contribution < 1.29 is 14.3 Å². The molecule has 3 heterocycles. The Morgan fingerprint density at radius 2 is 1.97 bits per heavy atom. The number of amides is 2. The highest BCUT2D eigenvalue weighted by atomic mass is 16.5. The Hall–Kier alpha value is -3.62. The van der Waals surface area contributed by atoms with E-state index >= 15 is 0 Å². The molecule has 0 saturated carbocycles. The first-order valence-corrected chi connectivity index (χ1v) is 10.4. The number of hydrogen-bond donors (Lipinski definition) is 3. The molecular weight excluding hydrogens is 396 g/mol. The molecule has 0 atom stereocenters. The Morgan fingerprint density at radius 1 is 1.13 bits per heavy atom. The molecule has 0 saturated heterocycles. The van der Waals surface area contributed by atoms with Crippen molar-refractivity contribution in [1.82, 2.24) is 14.9 Å². The summed E-state index contributed by atoms with van der Waals surface area (Å²) < 4.78 is 5.91. The van der Waals surface area contributed by atoms with Crippen LogP contribution in [0.2, 0.25) is 0 Å². The molecule has 1 aromatic heterocycles. The van der Waals surface area contributed by atoms with Gasteiger partial charge in [-0.2, -0.15) is 0 Å². The second-order valence-electron chi connectivity index (χ2n) is 7.63. The molecule has 2 aliphatic heterocycles. The zero-order valence-corrected chi connectivity index (χ0v) is 17.7. The quantitative estimate of drug-likeness (QED) is 0.599. The molecule has 162 valence electrons. The van der Waals surface area contributed by atoms with Crippen LogP contribution in [0.25, 0.3) is 5.57 Å². The van der Waals surface area contributed by atoms with E-state index in [1.807, 2.05) is 32.2 Å². The van der Waals surface area contributed by atoms with E-state index in [-0.39, 0.29) is 11.8 Å². The van der Waals surface area contributed by atoms with Crippen LogP contribution in [-0.2, 0) is 9.59 Å². The molecule has 9 heteroatoms. The summed E-state index contributed by atoms with van der Waals surface area (Å²) in [5.41, 5.74) is 2.88. The van der Waals surface area contributed by atoms with E-state index in [9.17, 15) is 9.59 Å². The predicted molar refractivity (Wildman–Crippen MR) is 119 cm³/mol. The Bertz CT molecular complexity index is 1040. The third-order valence-electron chi connectivity index (χ3n) is 5.35. The van der Waals surface area contributed by atoms with Gasteiger partial charge in [0.15, 0.2) is 0 Å². The van der Waals surface area contributed by atoms with Crippen LogP contribution in [-0.4, -0.2) is 53.4 Å². The largest absolute Gasteiger partial charge is 0.493 e. The van der Waals surface area contributed by atoms with Gasteiger partial charge in [-0.3, -0.25) is 9.59 Å². The Balaban J connectivity index is 1.65. The number of nitrogens with one attached hydrogen (secondary N) is 3. The number of benzene rings is 1. The zero-order chi connectivity index (χ0) is 21.8. The summed E-state index contributed by atoms with van der Waals surface area (Å²) in [6.07, 6.45) is 4.93. The molecule has 0 aliphatic carbocycles. The van der Waals surface area contributed by atoms with Gasteiger partial charge in [0, 0.05) is 44.5 Å². The topological polar surface area (TPSA) is 108 Å². The number of nitrogens with zero attached hydrogens (tertiary/aromatic N) is 3. The maximum atomic E-state index is 12.5. The molecule has 4 rings (SSSR count). The van der Waals surface area contributed by atoms with E-state index in [4.69, 9.17) is 4.74 Å². The maximum absolute atomic E-state index is 12.5. The number of aromatic nitrogens is 2. The fourth-order valence-corrected chi connectivity index (χ4v) is 3.54. The van der Waals surface area contributed by atoms with Crippen molar-refractivity contribution in [3.05, 3.63) is 41.9 Å². The highest BCUT2D eigenvalue weighted by Gasteiger charge is 2.29. The summed E-state index contributed by atoms with van der Waals surface area (Å²) in [5, 5.41) is 9.25. The van der Waals surface area contributed by atoms with Crippen molar-refractivity contribution in [2.45, 2.75) is 26.2 Å². The standard InChI is InChI=1S/C22H26N6O3/c1-14-6-7-15-11-17(14)31-10-3-5-18(29)28(2)9-4-8-23-20-19-16(12-24-15)22(30)27-21(19)26-13-25-20/h6-7,11-13,24H,3-5,8-10H2,1-2H3,(H2,23,25,26,27,30)/b16-12-. The van der Waals surface area contributed by atoms with Gasteiger partial charge in [-0.05, 0) is 31.4 Å². The van der Waals surface area contributed by atoms with Crippen molar-refractivity contribution in [3.63, 3.8) is 0 Å². The zero-order valence-electron chi connectivity index (χ0n) is 17.7. The van der Waals surface area contributed by atoms with Crippen molar-refractivity contribution in [2.75, 3.05) is 42.7 Å². The first-order valence-electron chi connectivity index (χ1n) is 10.4. The molecule has 0 radical (unpaired) electrons. The first-order chi connectivity index (χ1) is 15.0. The minimum atomic E-state index is -0.241. The van der Waals surface area contributed by atoms with Crippen LogP contribution in [0.15, 0.2) is 30.7 Å². The molecule has 2 aliphatic rings. The average molecular weight is 422 g/mol. The fraction of sp³-hybridized carbons (Fsp3) is 0.364. The lowest BCUT2D eigenvalue weighted by Crippen LogP contribution is -2.29. The van der Waals surface area contributed by atoms with E-state index < -0.39 is 0 Å². The number of aryl methyl sites for hydroxylation is 1. The van der Waals surface area contributed by atoms with Gasteiger partial charge in [0.1, 0.15) is 23.7 Å². The van der Waals surface area contributed by atoms with E-state index in [1.165, 1.54) is 6.33 Å². The normalized spacial score (nSPS) is 18.9. The molecule has 9 nitrogen and oxygen atoms in total. The van der Waals surface area contributed by atoms with Gasteiger partial charge in [-0.1, -0.05) is 6.07 Å². The Kier molecular flexibility index (Phi) is 6.01. The minimum Gasteiger partial charge on any atom is -0.493 e. The lowest BCUT2D eigenvalue weighted by molar-refractivity contribution is -0.130. The smallest absolute Gasteiger partial charge is 0.259 e. The molecule has 2 amide bonds. The van der Waals surface area contributed by atoms with Crippen LogP contribution >= 0.6 is 0 Å². The van der Waals surface area contributed by atoms with Crippen LogP contribution in [0.3, 0.4) is 0 Å². The second kappa shape index (κ2) is 9.03. The maximum Gasteiger partial charge on any atom is 0.259 e. The summed E-state index contributed by atoms with van der Waals surface area (Å²) >= 11 is 0. The number of anilines is 3. The van der Waals surface area contributed by atoms with Gasteiger partial charge in [0.25, 0.3) is 5.91 Å². The molecule has 31 heavy (non-hydrogen) atoms. The summed E-state index contributed by atoms with van der Waals surface area (Å²) in [6.45, 7) is 3.67. The SMILES string of the molecule is Cc1ccc2cc1OCCCC(=O)N(C)CCCNc1ncnc3c1/C(=C/N2)C(=O)N3. The average Bonchev–Trinajstić information content (AvgIpc) is 3.09. The van der Waals surface area contributed by atoms with Crippen molar-refractivity contribution in [1.29, 1.82) is 0 Å². The number of carbonyl (C=O) groups excluding carboxylic acids is 2. The summed E-state index contributed by atoms with van der Waals surface area (Å²) in [7, 11) is 1.81. The van der Waals surface area contributed by atoms with Crippen LogP contribution in [0.4, 0.5) is 17.3 Å². The van der Waals surface area contributed by atoms with Gasteiger partial charge < -0.3 is 25.6 Å². The molecule has 3 N–H and O–H groups in total. The first kappa shape index (κ1) is 20.6. The van der Waals surface area contributed by atoms with Gasteiger partial charge >= 0.3 is 0 Å². The number of rotatable bonds is 0. The van der Waals surface area contributed by atoms with Crippen LogP contribution in [0, 0.1) is 6.92 Å². The van der Waals surface area contributed by atoms with Gasteiger partial charge in [-0.15, -0.1) is 0 Å². The highest BCUT2D eigenvalue weighted by Crippen LogP contribution is 2.34. The molecule has 1 aromatic carbocycles. The molecular formula is C22H26N6O3. The number of ether oxygens (including phenoxy) is 1. The van der Waals surface area contributed by atoms with Crippen molar-refractivity contribution in [2.24, 2.45) is 0 Å². The third-order valence-corrected chi connectivity index (χ3v) is 5.35. The second-order valence-corrected chi connectivity index (χ2v) is 7.63. The Morgan fingerprint density at radius 3 is 2.84 bits per heavy atom. The molecule has 2 aromatic rings. The van der Waals surface area contributed by atoms with Crippen LogP contribution < -0.4 is 20.7 Å². The van der Waals surface area contributed by atoms with Gasteiger partial charge in [0.2, 0.25) is 5.91 Å². The van der Waals surface area contributed by atoms with E-state index in [2.05, 4.69) is 25.9 Å². The summed E-state index contributed by atoms with van der Waals surface area (Å²) in [4.78, 5) is 35.1.